The molecule has 0 saturated carbocycles. The molecule has 0 spiro atoms. The highest BCUT2D eigenvalue weighted by molar-refractivity contribution is 6.11. The molecule has 6 heteroatoms. The van der Waals surface area contributed by atoms with Gasteiger partial charge in [-0.15, -0.1) is 0 Å². The zero-order valence-corrected chi connectivity index (χ0v) is 14.1. The minimum atomic E-state index is -0.415. The first-order valence-electron chi connectivity index (χ1n) is 7.81. The lowest BCUT2D eigenvalue weighted by molar-refractivity contribution is 0.0527. The van der Waals surface area contributed by atoms with Crippen molar-refractivity contribution < 1.29 is 9.53 Å². The third kappa shape index (κ3) is 3.53. The molecule has 0 bridgehead atoms. The van der Waals surface area contributed by atoms with Gasteiger partial charge in [-0.25, -0.2) is 4.79 Å². The Morgan fingerprint density at radius 1 is 1.46 bits per heavy atom. The number of benzene rings is 1. The number of pyridine rings is 1. The number of rotatable bonds is 6. The van der Waals surface area contributed by atoms with Gasteiger partial charge in [0.25, 0.3) is 0 Å². The highest BCUT2D eigenvalue weighted by Gasteiger charge is 2.18. The molecule has 4 N–H and O–H groups in total. The standard InChI is InChI=1S/C18H22N4O2/c1-4-24-18(23)15-10-21-16-6-5-12(13(8-19)9-20)7-14(16)17(15)22-11(2)3/h5-11,19H,4,20H2,1-3H3,(H,21,22)/b13-9+,19-8?. The predicted molar refractivity (Wildman–Crippen MR) is 97.4 cm³/mol. The molecule has 1 heterocycles. The zero-order valence-electron chi connectivity index (χ0n) is 14.1. The molecular weight excluding hydrogens is 304 g/mol. The summed E-state index contributed by atoms with van der Waals surface area (Å²) < 4.78 is 5.13. The van der Waals surface area contributed by atoms with Gasteiger partial charge in [0.2, 0.25) is 0 Å². The van der Waals surface area contributed by atoms with Crippen molar-refractivity contribution in [2.75, 3.05) is 11.9 Å². The third-order valence-electron chi connectivity index (χ3n) is 3.46. The number of nitrogens with two attached hydrogens (primary N) is 1. The van der Waals surface area contributed by atoms with Crippen molar-refractivity contribution >= 4 is 34.3 Å². The number of anilines is 1. The van der Waals surface area contributed by atoms with E-state index in [4.69, 9.17) is 15.9 Å². The lowest BCUT2D eigenvalue weighted by Crippen LogP contribution is -2.16. The maximum atomic E-state index is 12.3. The molecule has 126 valence electrons. The summed E-state index contributed by atoms with van der Waals surface area (Å²) in [6.07, 6.45) is 4.10. The number of ether oxygens (including phenoxy) is 1. The van der Waals surface area contributed by atoms with Crippen molar-refractivity contribution in [3.05, 3.63) is 41.7 Å². The molecule has 6 nitrogen and oxygen atoms in total. The molecule has 24 heavy (non-hydrogen) atoms. The van der Waals surface area contributed by atoms with Gasteiger partial charge in [0, 0.05) is 35.6 Å². The second kappa shape index (κ2) is 7.59. The van der Waals surface area contributed by atoms with Gasteiger partial charge in [0.05, 0.1) is 17.8 Å². The summed E-state index contributed by atoms with van der Waals surface area (Å²) in [5.74, 6) is -0.415. The Bertz CT molecular complexity index is 797. The van der Waals surface area contributed by atoms with Gasteiger partial charge >= 0.3 is 5.97 Å². The number of allylic oxidation sites excluding steroid dienone is 1. The number of fused-ring (bicyclic) bond motifs is 1. The molecule has 0 saturated heterocycles. The van der Waals surface area contributed by atoms with Crippen LogP contribution in [0, 0.1) is 5.41 Å². The van der Waals surface area contributed by atoms with Gasteiger partial charge in [-0.05, 0) is 38.5 Å². The third-order valence-corrected chi connectivity index (χ3v) is 3.46. The van der Waals surface area contributed by atoms with Gasteiger partial charge in [-0.3, -0.25) is 4.98 Å². The van der Waals surface area contributed by atoms with E-state index in [0.717, 1.165) is 16.5 Å². The number of aromatic nitrogens is 1. The van der Waals surface area contributed by atoms with Crippen LogP contribution in [-0.4, -0.2) is 29.8 Å². The molecule has 1 aromatic carbocycles. The van der Waals surface area contributed by atoms with Crippen LogP contribution in [-0.2, 0) is 4.74 Å². The van der Waals surface area contributed by atoms with E-state index in [1.54, 1.807) is 6.92 Å². The Morgan fingerprint density at radius 3 is 2.79 bits per heavy atom. The van der Waals surface area contributed by atoms with Crippen LogP contribution in [0.4, 0.5) is 5.69 Å². The van der Waals surface area contributed by atoms with Gasteiger partial charge < -0.3 is 21.2 Å². The topological polar surface area (TPSA) is 101 Å². The van der Waals surface area contributed by atoms with Crippen LogP contribution in [0.5, 0.6) is 0 Å². The number of nitrogens with one attached hydrogen (secondary N) is 2. The maximum absolute atomic E-state index is 12.3. The Kier molecular flexibility index (Phi) is 5.52. The van der Waals surface area contributed by atoms with E-state index in [-0.39, 0.29) is 6.04 Å². The predicted octanol–water partition coefficient (Wildman–Crippen LogP) is 3.18. The summed E-state index contributed by atoms with van der Waals surface area (Å²) >= 11 is 0. The molecule has 0 aliphatic heterocycles. The maximum Gasteiger partial charge on any atom is 0.341 e. The second-order valence-corrected chi connectivity index (χ2v) is 5.56. The molecule has 0 atom stereocenters. The number of esters is 1. The van der Waals surface area contributed by atoms with Crippen molar-refractivity contribution in [2.45, 2.75) is 26.8 Å². The van der Waals surface area contributed by atoms with Crippen LogP contribution >= 0.6 is 0 Å². The summed E-state index contributed by atoms with van der Waals surface area (Å²) in [7, 11) is 0. The number of nitrogens with zero attached hydrogens (tertiary/aromatic N) is 1. The first kappa shape index (κ1) is 17.5. The van der Waals surface area contributed by atoms with Crippen LogP contribution in [0.3, 0.4) is 0 Å². The number of hydrogen-bond acceptors (Lipinski definition) is 6. The van der Waals surface area contributed by atoms with Gasteiger partial charge in [-0.1, -0.05) is 6.07 Å². The molecule has 0 amide bonds. The highest BCUT2D eigenvalue weighted by Crippen LogP contribution is 2.29. The summed E-state index contributed by atoms with van der Waals surface area (Å²) in [4.78, 5) is 16.6. The van der Waals surface area contributed by atoms with E-state index in [2.05, 4.69) is 10.3 Å². The minimum absolute atomic E-state index is 0.125. The Hall–Kier alpha value is -2.89. The van der Waals surface area contributed by atoms with Crippen LogP contribution in [0.1, 0.15) is 36.7 Å². The fourth-order valence-electron chi connectivity index (χ4n) is 2.41. The summed E-state index contributed by atoms with van der Waals surface area (Å²) in [6.45, 7) is 6.05. The lowest BCUT2D eigenvalue weighted by Gasteiger charge is -2.17. The van der Waals surface area contributed by atoms with Crippen molar-refractivity contribution in [1.82, 2.24) is 4.98 Å². The van der Waals surface area contributed by atoms with Crippen LogP contribution < -0.4 is 11.1 Å². The lowest BCUT2D eigenvalue weighted by atomic mass is 10.0. The number of hydrogen-bond donors (Lipinski definition) is 3. The molecule has 0 aliphatic carbocycles. The van der Waals surface area contributed by atoms with Crippen LogP contribution in [0.2, 0.25) is 0 Å². The molecule has 0 fully saturated rings. The number of carbonyl (C=O) groups excluding carboxylic acids is 1. The molecule has 1 aromatic heterocycles. The molecule has 0 radical (unpaired) electrons. The smallest absolute Gasteiger partial charge is 0.341 e. The van der Waals surface area contributed by atoms with Gasteiger partial charge in [-0.2, -0.15) is 0 Å². The van der Waals surface area contributed by atoms with E-state index >= 15 is 0 Å². The SMILES string of the molecule is CCOC(=O)c1cnc2ccc(/C(C=N)=C/N)cc2c1NC(C)C. The fourth-order valence-corrected chi connectivity index (χ4v) is 2.41. The Labute approximate surface area is 141 Å². The molecular formula is C18H22N4O2. The monoisotopic (exact) mass is 326 g/mol. The zero-order chi connectivity index (χ0) is 17.7. The van der Waals surface area contributed by atoms with Crippen molar-refractivity contribution in [1.29, 1.82) is 5.41 Å². The number of carbonyl (C=O) groups is 1. The minimum Gasteiger partial charge on any atom is -0.462 e. The van der Waals surface area contributed by atoms with Crippen molar-refractivity contribution in [3.63, 3.8) is 0 Å². The first-order chi connectivity index (χ1) is 11.5. The van der Waals surface area contributed by atoms with Crippen LogP contribution in [0.25, 0.3) is 16.5 Å². The van der Waals surface area contributed by atoms with E-state index in [9.17, 15) is 4.79 Å². The fraction of sp³-hybridized carbons (Fsp3) is 0.278. The summed E-state index contributed by atoms with van der Waals surface area (Å²) in [5.41, 5.74) is 8.77. The largest absolute Gasteiger partial charge is 0.462 e. The second-order valence-electron chi connectivity index (χ2n) is 5.56. The van der Waals surface area contributed by atoms with E-state index in [0.29, 0.717) is 23.4 Å². The molecule has 0 unspecified atom stereocenters. The van der Waals surface area contributed by atoms with E-state index in [1.165, 1.54) is 18.6 Å². The molecule has 2 rings (SSSR count). The van der Waals surface area contributed by atoms with Gasteiger partial charge in [0.1, 0.15) is 5.56 Å². The summed E-state index contributed by atoms with van der Waals surface area (Å²) in [6, 6.07) is 5.69. The Balaban J connectivity index is 2.71. The Morgan fingerprint density at radius 2 is 2.21 bits per heavy atom. The molecule has 2 aromatic rings. The van der Waals surface area contributed by atoms with Crippen molar-refractivity contribution in [3.8, 4) is 0 Å². The van der Waals surface area contributed by atoms with Crippen molar-refractivity contribution in [2.24, 2.45) is 5.73 Å². The van der Waals surface area contributed by atoms with E-state index < -0.39 is 5.97 Å². The molecule has 0 aliphatic rings. The summed E-state index contributed by atoms with van der Waals surface area (Å²) in [5, 5.41) is 11.6. The average molecular weight is 326 g/mol. The average Bonchev–Trinajstić information content (AvgIpc) is 2.56. The van der Waals surface area contributed by atoms with E-state index in [1.807, 2.05) is 32.0 Å². The van der Waals surface area contributed by atoms with Gasteiger partial charge in [0.15, 0.2) is 0 Å². The first-order valence-corrected chi connectivity index (χ1v) is 7.81. The highest BCUT2D eigenvalue weighted by atomic mass is 16.5. The van der Waals surface area contributed by atoms with Crippen LogP contribution in [0.15, 0.2) is 30.6 Å². The normalized spacial score (nSPS) is 11.6. The quantitative estimate of drug-likeness (QED) is 0.559.